The topological polar surface area (TPSA) is 65.2 Å². The fourth-order valence-electron chi connectivity index (χ4n) is 1.99. The summed E-state index contributed by atoms with van der Waals surface area (Å²) in [6.07, 6.45) is 2.42. The van der Waals surface area contributed by atoms with Gasteiger partial charge in [-0.1, -0.05) is 19.9 Å². The molecule has 4 nitrogen and oxygen atoms in total. The highest BCUT2D eigenvalue weighted by molar-refractivity contribution is 5.87. The molecular formula is C14H22N2O2. The minimum Gasteiger partial charge on any atom is -0.455 e. The van der Waals surface area contributed by atoms with Gasteiger partial charge < -0.3 is 10.5 Å². The van der Waals surface area contributed by atoms with Crippen LogP contribution in [0.2, 0.25) is 0 Å². The molecule has 0 saturated heterocycles. The second-order valence-corrected chi connectivity index (χ2v) is 5.50. The van der Waals surface area contributed by atoms with Crippen molar-refractivity contribution < 1.29 is 9.53 Å². The average Bonchev–Trinajstić information content (AvgIpc) is 2.26. The molecule has 0 atom stereocenters. The molecule has 2 N–H and O–H groups in total. The first kappa shape index (κ1) is 14.6. The molecule has 0 unspecified atom stereocenters. The van der Waals surface area contributed by atoms with Crippen molar-refractivity contribution in [3.63, 3.8) is 0 Å². The lowest BCUT2D eigenvalue weighted by atomic mass is 9.96. The van der Waals surface area contributed by atoms with Gasteiger partial charge in [0.25, 0.3) is 0 Å². The van der Waals surface area contributed by atoms with Gasteiger partial charge in [-0.05, 0) is 37.8 Å². The summed E-state index contributed by atoms with van der Waals surface area (Å²) in [6.45, 7) is 8.45. The lowest BCUT2D eigenvalue weighted by molar-refractivity contribution is -0.0101. The van der Waals surface area contributed by atoms with E-state index in [0.717, 1.165) is 12.0 Å². The molecule has 1 aromatic rings. The number of nitrogens with zero attached hydrogens (tertiary/aromatic N) is 1. The third-order valence-electron chi connectivity index (χ3n) is 2.54. The van der Waals surface area contributed by atoms with Crippen LogP contribution in [0.4, 0.5) is 0 Å². The quantitative estimate of drug-likeness (QED) is 0.815. The fourth-order valence-corrected chi connectivity index (χ4v) is 1.99. The van der Waals surface area contributed by atoms with Gasteiger partial charge in [-0.3, -0.25) is 0 Å². The number of aromatic nitrogens is 1. The third-order valence-corrected chi connectivity index (χ3v) is 2.54. The smallest absolute Gasteiger partial charge is 0.357 e. The normalized spacial score (nSPS) is 11.7. The van der Waals surface area contributed by atoms with Crippen LogP contribution >= 0.6 is 0 Å². The number of carbonyl (C=O) groups excluding carboxylic acids is 1. The summed E-state index contributed by atoms with van der Waals surface area (Å²) in [5.74, 6) is 0.0876. The minimum atomic E-state index is -0.473. The second kappa shape index (κ2) is 5.96. The fraction of sp³-hybridized carbons (Fsp3) is 0.571. The minimum absolute atomic E-state index is 0.323. The molecule has 1 rings (SSSR count). The summed E-state index contributed by atoms with van der Waals surface area (Å²) in [7, 11) is 0. The first-order valence-electron chi connectivity index (χ1n) is 6.22. The van der Waals surface area contributed by atoms with Gasteiger partial charge in [-0.15, -0.1) is 0 Å². The molecule has 4 heteroatoms. The van der Waals surface area contributed by atoms with Crippen molar-refractivity contribution in [2.45, 2.75) is 46.3 Å². The largest absolute Gasteiger partial charge is 0.455 e. The molecule has 0 aromatic carbocycles. The Morgan fingerprint density at radius 1 is 1.44 bits per heavy atom. The predicted octanol–water partition coefficient (Wildman–Crippen LogP) is 2.52. The number of nitrogens with two attached hydrogens (primary N) is 1. The maximum atomic E-state index is 11.9. The van der Waals surface area contributed by atoms with Crippen LogP contribution in [0.25, 0.3) is 0 Å². The molecule has 100 valence electrons. The van der Waals surface area contributed by atoms with Gasteiger partial charge in [-0.2, -0.15) is 0 Å². The van der Waals surface area contributed by atoms with E-state index in [2.05, 4.69) is 18.8 Å². The first-order chi connectivity index (χ1) is 8.34. The van der Waals surface area contributed by atoms with E-state index in [0.29, 0.717) is 18.2 Å². The highest BCUT2D eigenvalue weighted by Crippen LogP contribution is 2.21. The lowest BCUT2D eigenvalue weighted by Gasteiger charge is -2.26. The second-order valence-electron chi connectivity index (χ2n) is 5.50. The Morgan fingerprint density at radius 2 is 2.11 bits per heavy atom. The molecule has 18 heavy (non-hydrogen) atoms. The monoisotopic (exact) mass is 250 g/mol. The van der Waals surface area contributed by atoms with Crippen LogP contribution in [0.3, 0.4) is 0 Å². The molecule has 0 radical (unpaired) electrons. The molecule has 1 aromatic heterocycles. The van der Waals surface area contributed by atoms with Crippen LogP contribution in [0.1, 0.15) is 50.2 Å². The molecule has 0 fully saturated rings. The van der Waals surface area contributed by atoms with E-state index in [1.807, 2.05) is 13.8 Å². The van der Waals surface area contributed by atoms with Gasteiger partial charge in [0.15, 0.2) is 0 Å². The van der Waals surface area contributed by atoms with Crippen molar-refractivity contribution in [1.82, 2.24) is 4.98 Å². The number of pyridine rings is 1. The Labute approximate surface area is 109 Å². The zero-order valence-electron chi connectivity index (χ0n) is 11.6. The molecule has 0 saturated carbocycles. The number of rotatable bonds is 5. The maximum absolute atomic E-state index is 11.9. The van der Waals surface area contributed by atoms with Crippen LogP contribution in [-0.4, -0.2) is 16.6 Å². The summed E-state index contributed by atoms with van der Waals surface area (Å²) in [4.78, 5) is 16.0. The molecule has 0 aliphatic rings. The van der Waals surface area contributed by atoms with Crippen LogP contribution in [0.15, 0.2) is 18.3 Å². The zero-order valence-corrected chi connectivity index (χ0v) is 11.6. The van der Waals surface area contributed by atoms with E-state index in [-0.39, 0.29) is 5.97 Å². The lowest BCUT2D eigenvalue weighted by Crippen LogP contribution is -2.30. The van der Waals surface area contributed by atoms with Crippen molar-refractivity contribution in [3.8, 4) is 0 Å². The summed E-state index contributed by atoms with van der Waals surface area (Å²) in [5.41, 5.74) is 6.22. The number of hydrogen-bond acceptors (Lipinski definition) is 4. The molecule has 0 bridgehead atoms. The van der Waals surface area contributed by atoms with Gasteiger partial charge in [0, 0.05) is 12.7 Å². The maximum Gasteiger partial charge on any atom is 0.357 e. The molecule has 0 aliphatic heterocycles. The van der Waals surface area contributed by atoms with Crippen LogP contribution in [0.5, 0.6) is 0 Å². The Morgan fingerprint density at radius 3 is 2.56 bits per heavy atom. The highest BCUT2D eigenvalue weighted by atomic mass is 16.6. The number of ether oxygens (including phenoxy) is 1. The SMILES string of the molecule is CC(C)CC(C)(C)OC(=O)c1ccc(CN)cn1. The van der Waals surface area contributed by atoms with E-state index in [1.54, 1.807) is 18.3 Å². The summed E-state index contributed by atoms with van der Waals surface area (Å²) in [6, 6.07) is 3.44. The molecule has 0 aliphatic carbocycles. The molecular weight excluding hydrogens is 228 g/mol. The van der Waals surface area contributed by atoms with Crippen LogP contribution in [0, 0.1) is 5.92 Å². The van der Waals surface area contributed by atoms with Gasteiger partial charge in [-0.25, -0.2) is 9.78 Å². The molecule has 0 spiro atoms. The van der Waals surface area contributed by atoms with Crippen LogP contribution in [-0.2, 0) is 11.3 Å². The van der Waals surface area contributed by atoms with Crippen molar-refractivity contribution >= 4 is 5.97 Å². The van der Waals surface area contributed by atoms with Crippen LogP contribution < -0.4 is 5.73 Å². The third kappa shape index (κ3) is 4.45. The van der Waals surface area contributed by atoms with Gasteiger partial charge >= 0.3 is 5.97 Å². The van der Waals surface area contributed by atoms with E-state index in [4.69, 9.17) is 10.5 Å². The number of hydrogen-bond donors (Lipinski definition) is 1. The average molecular weight is 250 g/mol. The predicted molar refractivity (Wildman–Crippen MR) is 71.1 cm³/mol. The summed E-state index contributed by atoms with van der Waals surface area (Å²) in [5, 5.41) is 0. The first-order valence-corrected chi connectivity index (χ1v) is 6.22. The van der Waals surface area contributed by atoms with Crippen molar-refractivity contribution in [3.05, 3.63) is 29.6 Å². The van der Waals surface area contributed by atoms with E-state index >= 15 is 0 Å². The van der Waals surface area contributed by atoms with Crippen molar-refractivity contribution in [2.24, 2.45) is 11.7 Å². The van der Waals surface area contributed by atoms with E-state index in [9.17, 15) is 4.79 Å². The highest BCUT2D eigenvalue weighted by Gasteiger charge is 2.25. The van der Waals surface area contributed by atoms with Crippen molar-refractivity contribution in [2.75, 3.05) is 0 Å². The standard InChI is InChI=1S/C14H22N2O2/c1-10(2)7-14(3,4)18-13(17)12-6-5-11(8-15)9-16-12/h5-6,9-10H,7-8,15H2,1-4H3. The summed E-state index contributed by atoms with van der Waals surface area (Å²) < 4.78 is 5.48. The van der Waals surface area contributed by atoms with Gasteiger partial charge in [0.2, 0.25) is 0 Å². The molecule has 0 amide bonds. The number of esters is 1. The Bertz CT molecular complexity index is 397. The molecule has 1 heterocycles. The zero-order chi connectivity index (χ0) is 13.8. The summed E-state index contributed by atoms with van der Waals surface area (Å²) >= 11 is 0. The Kier molecular flexibility index (Phi) is 4.84. The number of carbonyl (C=O) groups is 1. The van der Waals surface area contributed by atoms with Gasteiger partial charge in [0.05, 0.1) is 0 Å². The Hall–Kier alpha value is -1.42. The van der Waals surface area contributed by atoms with Crippen molar-refractivity contribution in [1.29, 1.82) is 0 Å². The Balaban J connectivity index is 2.69. The van der Waals surface area contributed by atoms with E-state index < -0.39 is 5.60 Å². The van der Waals surface area contributed by atoms with E-state index in [1.165, 1.54) is 0 Å². The van der Waals surface area contributed by atoms with Gasteiger partial charge in [0.1, 0.15) is 11.3 Å².